The van der Waals surface area contributed by atoms with Crippen LogP contribution in [0.25, 0.3) is 0 Å². The highest BCUT2D eigenvalue weighted by Crippen LogP contribution is 2.24. The van der Waals surface area contributed by atoms with Crippen LogP contribution in [0.15, 0.2) is 28.7 Å². The van der Waals surface area contributed by atoms with Gasteiger partial charge in [-0.25, -0.2) is 23.3 Å². The van der Waals surface area contributed by atoms with Crippen molar-refractivity contribution in [3.63, 3.8) is 0 Å². The van der Waals surface area contributed by atoms with Crippen molar-refractivity contribution in [1.29, 1.82) is 0 Å². The van der Waals surface area contributed by atoms with Gasteiger partial charge in [0.15, 0.2) is 6.29 Å². The van der Waals surface area contributed by atoms with Gasteiger partial charge in [-0.3, -0.25) is 5.32 Å². The van der Waals surface area contributed by atoms with E-state index < -0.39 is 30.8 Å². The zero-order valence-corrected chi connectivity index (χ0v) is 15.3. The van der Waals surface area contributed by atoms with E-state index in [-0.39, 0.29) is 6.04 Å². The van der Waals surface area contributed by atoms with Crippen molar-refractivity contribution >= 4 is 28.0 Å². The number of hydrogen-bond acceptors (Lipinski definition) is 4. The number of nitrogens with one attached hydrogen (secondary N) is 3. The van der Waals surface area contributed by atoms with Gasteiger partial charge in [0.05, 0.1) is 6.04 Å². The number of rotatable bonds is 5. The molecule has 2 heterocycles. The molecule has 0 radical (unpaired) electrons. The summed E-state index contributed by atoms with van der Waals surface area (Å²) in [5.41, 5.74) is 0.338. The summed E-state index contributed by atoms with van der Waals surface area (Å²) in [6.07, 6.45) is -2.72. The monoisotopic (exact) mass is 432 g/mol. The smallest absolute Gasteiger partial charge is 0.328 e. The van der Waals surface area contributed by atoms with Gasteiger partial charge in [0.1, 0.15) is 0 Å². The van der Waals surface area contributed by atoms with Crippen molar-refractivity contribution in [1.82, 2.24) is 20.9 Å². The number of halogens is 3. The van der Waals surface area contributed by atoms with Crippen LogP contribution < -0.4 is 16.0 Å². The summed E-state index contributed by atoms with van der Waals surface area (Å²) in [6, 6.07) is 3.64. The molecule has 7 nitrogen and oxygen atoms in total. The van der Waals surface area contributed by atoms with Crippen LogP contribution in [0, 0.1) is 0 Å². The fourth-order valence-corrected chi connectivity index (χ4v) is 3.48. The van der Waals surface area contributed by atoms with E-state index in [2.05, 4.69) is 31.9 Å². The van der Waals surface area contributed by atoms with Gasteiger partial charge in [-0.2, -0.15) is 0 Å². The van der Waals surface area contributed by atoms with Crippen LogP contribution >= 0.6 is 15.9 Å². The largest absolute Gasteiger partial charge is 0.381 e. The highest BCUT2D eigenvalue weighted by Gasteiger charge is 2.38. The number of carbonyl (C=O) groups is 2. The minimum absolute atomic E-state index is 0.263. The Morgan fingerprint density at radius 1 is 1.19 bits per heavy atom. The molecule has 2 aliphatic heterocycles. The number of carbonyl (C=O) groups excluding carboxylic acids is 2. The molecule has 1 aromatic carbocycles. The van der Waals surface area contributed by atoms with Gasteiger partial charge in [-0.1, -0.05) is 28.1 Å². The summed E-state index contributed by atoms with van der Waals surface area (Å²) < 4.78 is 32.9. The van der Waals surface area contributed by atoms with Crippen LogP contribution in [0.4, 0.5) is 18.4 Å². The summed E-state index contributed by atoms with van der Waals surface area (Å²) in [5.74, 6) is 0. The molecule has 2 fully saturated rings. The maximum absolute atomic E-state index is 13.5. The third-order valence-electron chi connectivity index (χ3n) is 4.34. The first kappa shape index (κ1) is 19.0. The topological polar surface area (TPSA) is 82.7 Å². The van der Waals surface area contributed by atoms with Crippen molar-refractivity contribution in [2.75, 3.05) is 13.2 Å². The highest BCUT2D eigenvalue weighted by molar-refractivity contribution is 9.10. The van der Waals surface area contributed by atoms with E-state index in [1.165, 1.54) is 0 Å². The predicted octanol–water partition coefficient (Wildman–Crippen LogP) is 2.54. The van der Waals surface area contributed by atoms with Gasteiger partial charge in [0, 0.05) is 23.7 Å². The van der Waals surface area contributed by atoms with Gasteiger partial charge < -0.3 is 15.4 Å². The normalized spacial score (nSPS) is 20.8. The van der Waals surface area contributed by atoms with Crippen LogP contribution in [-0.4, -0.2) is 48.9 Å². The standard InChI is InChI=1S/C16H19BrF2N4O3/c17-10-3-1-2-9(8-10)12(13(18)19)20-14-21-15(24)23(16(25)22-14)11-4-6-26-7-5-11/h1-3,8,11-14,20H,4-7H2,(H,21,24)(H,22,25)/t12-/m1/s1. The molecule has 3 N–H and O–H groups in total. The molecule has 0 saturated carbocycles. The molecule has 26 heavy (non-hydrogen) atoms. The van der Waals surface area contributed by atoms with Crippen molar-refractivity contribution in [3.8, 4) is 0 Å². The van der Waals surface area contributed by atoms with Gasteiger partial charge in [0.2, 0.25) is 0 Å². The van der Waals surface area contributed by atoms with E-state index in [0.29, 0.717) is 36.1 Å². The number of ether oxygens (including phenoxy) is 1. The fraction of sp³-hybridized carbons (Fsp3) is 0.500. The number of imide groups is 1. The molecule has 0 aromatic heterocycles. The number of nitrogens with zero attached hydrogens (tertiary/aromatic N) is 1. The number of benzene rings is 1. The molecule has 2 aliphatic rings. The van der Waals surface area contributed by atoms with Gasteiger partial charge >= 0.3 is 12.1 Å². The van der Waals surface area contributed by atoms with Crippen molar-refractivity contribution < 1.29 is 23.1 Å². The molecule has 0 bridgehead atoms. The molecule has 2 saturated heterocycles. The van der Waals surface area contributed by atoms with Gasteiger partial charge in [-0.05, 0) is 30.5 Å². The molecule has 3 rings (SSSR count). The zero-order chi connectivity index (χ0) is 18.7. The number of alkyl halides is 2. The van der Waals surface area contributed by atoms with E-state index in [4.69, 9.17) is 4.74 Å². The van der Waals surface area contributed by atoms with E-state index in [1.54, 1.807) is 24.3 Å². The van der Waals surface area contributed by atoms with Crippen molar-refractivity contribution in [2.45, 2.75) is 37.6 Å². The Labute approximate surface area is 157 Å². The summed E-state index contributed by atoms with van der Waals surface area (Å²) in [5, 5.41) is 7.64. The molecule has 10 heteroatoms. The molecule has 4 amide bonds. The van der Waals surface area contributed by atoms with Gasteiger partial charge in [0.25, 0.3) is 6.43 Å². The Morgan fingerprint density at radius 3 is 2.42 bits per heavy atom. The maximum Gasteiger partial charge on any atom is 0.328 e. The van der Waals surface area contributed by atoms with Crippen molar-refractivity contribution in [3.05, 3.63) is 34.3 Å². The fourth-order valence-electron chi connectivity index (χ4n) is 3.07. The molecule has 1 atom stereocenters. The summed E-state index contributed by atoms with van der Waals surface area (Å²) in [7, 11) is 0. The molecular formula is C16H19BrF2N4O3. The second-order valence-corrected chi connectivity index (χ2v) is 7.00. The molecule has 0 aliphatic carbocycles. The summed E-state index contributed by atoms with van der Waals surface area (Å²) in [4.78, 5) is 25.8. The average Bonchev–Trinajstić information content (AvgIpc) is 2.60. The Morgan fingerprint density at radius 2 is 1.85 bits per heavy atom. The van der Waals surface area contributed by atoms with Crippen molar-refractivity contribution in [2.24, 2.45) is 0 Å². The number of urea groups is 2. The van der Waals surface area contributed by atoms with Gasteiger partial charge in [-0.15, -0.1) is 0 Å². The second-order valence-electron chi connectivity index (χ2n) is 6.08. The van der Waals surface area contributed by atoms with Crippen LogP contribution in [0.2, 0.25) is 0 Å². The lowest BCUT2D eigenvalue weighted by molar-refractivity contribution is 0.0457. The van der Waals surface area contributed by atoms with E-state index in [0.717, 1.165) is 4.90 Å². The molecule has 142 valence electrons. The minimum Gasteiger partial charge on any atom is -0.381 e. The Hall–Kier alpha value is -1.78. The van der Waals surface area contributed by atoms with E-state index in [9.17, 15) is 18.4 Å². The highest BCUT2D eigenvalue weighted by atomic mass is 79.9. The first-order valence-electron chi connectivity index (χ1n) is 8.23. The lowest BCUT2D eigenvalue weighted by Crippen LogP contribution is -2.70. The third-order valence-corrected chi connectivity index (χ3v) is 4.83. The van der Waals surface area contributed by atoms with Crippen LogP contribution in [0.1, 0.15) is 24.4 Å². The molecular weight excluding hydrogens is 414 g/mol. The lowest BCUT2D eigenvalue weighted by atomic mass is 10.1. The summed E-state index contributed by atoms with van der Waals surface area (Å²) in [6.45, 7) is 0.944. The predicted molar refractivity (Wildman–Crippen MR) is 92.6 cm³/mol. The Kier molecular flexibility index (Phi) is 6.05. The molecule has 1 aromatic rings. The van der Waals surface area contributed by atoms with E-state index in [1.807, 2.05) is 0 Å². The SMILES string of the molecule is O=C1NC(N[C@H](c2cccc(Br)c2)C(F)F)NC(=O)N1C1CCOCC1. The summed E-state index contributed by atoms with van der Waals surface area (Å²) >= 11 is 3.25. The first-order chi connectivity index (χ1) is 12.5. The molecule has 0 unspecified atom stereocenters. The third kappa shape index (κ3) is 4.30. The number of hydrogen-bond donors (Lipinski definition) is 3. The van der Waals surface area contributed by atoms with Crippen LogP contribution in [-0.2, 0) is 4.74 Å². The van der Waals surface area contributed by atoms with Crippen LogP contribution in [0.3, 0.4) is 0 Å². The first-order valence-corrected chi connectivity index (χ1v) is 9.02. The lowest BCUT2D eigenvalue weighted by Gasteiger charge is -2.39. The Bertz CT molecular complexity index is 655. The van der Waals surface area contributed by atoms with E-state index >= 15 is 0 Å². The van der Waals surface area contributed by atoms with Crippen LogP contribution in [0.5, 0.6) is 0 Å². The number of amides is 4. The average molecular weight is 433 g/mol. The minimum atomic E-state index is -2.73. The molecule has 0 spiro atoms. The maximum atomic E-state index is 13.5. The Balaban J connectivity index is 1.68. The second kappa shape index (κ2) is 8.28. The quantitative estimate of drug-likeness (QED) is 0.667. The zero-order valence-electron chi connectivity index (χ0n) is 13.8.